The highest BCUT2D eigenvalue weighted by Crippen LogP contribution is 2.42. The summed E-state index contributed by atoms with van der Waals surface area (Å²) in [6.07, 6.45) is 5.19. The van der Waals surface area contributed by atoms with Crippen molar-refractivity contribution in [2.24, 2.45) is 17.3 Å². The van der Waals surface area contributed by atoms with Crippen LogP contribution >= 0.6 is 15.9 Å². The van der Waals surface area contributed by atoms with E-state index in [0.717, 1.165) is 18.3 Å². The van der Waals surface area contributed by atoms with Gasteiger partial charge in [0.25, 0.3) is 0 Å². The number of hydrogen-bond donors (Lipinski definition) is 1. The van der Waals surface area contributed by atoms with E-state index in [1.165, 1.54) is 29.3 Å². The van der Waals surface area contributed by atoms with Gasteiger partial charge in [-0.15, -0.1) is 0 Å². The van der Waals surface area contributed by atoms with E-state index in [2.05, 4.69) is 73.3 Å². The molecule has 0 radical (unpaired) electrons. The molecule has 2 heteroatoms. The van der Waals surface area contributed by atoms with Gasteiger partial charge in [0.1, 0.15) is 0 Å². The van der Waals surface area contributed by atoms with Gasteiger partial charge in [-0.3, -0.25) is 0 Å². The van der Waals surface area contributed by atoms with Gasteiger partial charge in [0.05, 0.1) is 0 Å². The van der Waals surface area contributed by atoms with Crippen LogP contribution in [-0.2, 0) is 6.42 Å². The molecule has 0 bridgehead atoms. The quantitative estimate of drug-likeness (QED) is 0.811. The second-order valence-corrected chi connectivity index (χ2v) is 8.03. The lowest BCUT2D eigenvalue weighted by Crippen LogP contribution is -2.46. The SMILES string of the molecule is CNC1CC(C)CCC1C(C)(C)Cc1ccccc1Br. The van der Waals surface area contributed by atoms with Crippen molar-refractivity contribution in [1.82, 2.24) is 5.32 Å². The first kappa shape index (κ1) is 16.0. The average molecular weight is 338 g/mol. The van der Waals surface area contributed by atoms with Crippen molar-refractivity contribution in [3.8, 4) is 0 Å². The Bertz CT molecular complexity index is 441. The summed E-state index contributed by atoms with van der Waals surface area (Å²) in [5.74, 6) is 1.62. The Morgan fingerprint density at radius 2 is 1.95 bits per heavy atom. The van der Waals surface area contributed by atoms with E-state index in [-0.39, 0.29) is 0 Å². The summed E-state index contributed by atoms with van der Waals surface area (Å²) in [7, 11) is 2.13. The first-order valence-electron chi connectivity index (χ1n) is 7.84. The lowest BCUT2D eigenvalue weighted by molar-refractivity contribution is 0.0979. The van der Waals surface area contributed by atoms with E-state index in [4.69, 9.17) is 0 Å². The van der Waals surface area contributed by atoms with Crippen molar-refractivity contribution < 1.29 is 0 Å². The standard InChI is InChI=1S/C18H28BrN/c1-13-9-10-15(17(11-13)20-4)18(2,3)12-14-7-5-6-8-16(14)19/h5-8,13,15,17,20H,9-12H2,1-4H3. The zero-order valence-corrected chi connectivity index (χ0v) is 14.8. The maximum Gasteiger partial charge on any atom is 0.0207 e. The van der Waals surface area contributed by atoms with Gasteiger partial charge in [-0.05, 0) is 55.2 Å². The van der Waals surface area contributed by atoms with E-state index < -0.39 is 0 Å². The Balaban J connectivity index is 2.14. The van der Waals surface area contributed by atoms with Gasteiger partial charge in [0.2, 0.25) is 0 Å². The van der Waals surface area contributed by atoms with Crippen LogP contribution in [0.3, 0.4) is 0 Å². The second-order valence-electron chi connectivity index (χ2n) is 7.18. The van der Waals surface area contributed by atoms with Gasteiger partial charge in [0.15, 0.2) is 0 Å². The number of hydrogen-bond acceptors (Lipinski definition) is 1. The van der Waals surface area contributed by atoms with Crippen LogP contribution in [0.5, 0.6) is 0 Å². The minimum absolute atomic E-state index is 0.331. The first-order chi connectivity index (χ1) is 9.44. The minimum Gasteiger partial charge on any atom is -0.317 e. The number of rotatable bonds is 4. The molecule has 3 atom stereocenters. The minimum atomic E-state index is 0.331. The smallest absolute Gasteiger partial charge is 0.0207 e. The van der Waals surface area contributed by atoms with Crippen LogP contribution in [0, 0.1) is 17.3 Å². The molecule has 1 aliphatic carbocycles. The van der Waals surface area contributed by atoms with Crippen molar-refractivity contribution in [3.05, 3.63) is 34.3 Å². The third-order valence-electron chi connectivity index (χ3n) is 5.09. The van der Waals surface area contributed by atoms with Gasteiger partial charge < -0.3 is 5.32 Å². The summed E-state index contributed by atoms with van der Waals surface area (Å²) in [6.45, 7) is 7.27. The van der Waals surface area contributed by atoms with Crippen LogP contribution in [0.2, 0.25) is 0 Å². The van der Waals surface area contributed by atoms with Gasteiger partial charge >= 0.3 is 0 Å². The lowest BCUT2D eigenvalue weighted by atomic mass is 9.64. The number of halogens is 1. The first-order valence-corrected chi connectivity index (χ1v) is 8.64. The van der Waals surface area contributed by atoms with Crippen molar-refractivity contribution in [1.29, 1.82) is 0 Å². The van der Waals surface area contributed by atoms with E-state index >= 15 is 0 Å². The summed E-state index contributed by atoms with van der Waals surface area (Å²) in [4.78, 5) is 0. The molecule has 1 fully saturated rings. The maximum absolute atomic E-state index is 3.70. The Morgan fingerprint density at radius 1 is 1.25 bits per heavy atom. The molecule has 0 amide bonds. The molecule has 0 saturated heterocycles. The molecular weight excluding hydrogens is 310 g/mol. The number of benzene rings is 1. The summed E-state index contributed by atoms with van der Waals surface area (Å²) < 4.78 is 1.25. The van der Waals surface area contributed by atoms with Crippen LogP contribution in [0.15, 0.2) is 28.7 Å². The molecule has 0 aliphatic heterocycles. The predicted molar refractivity (Wildman–Crippen MR) is 91.0 cm³/mol. The lowest BCUT2D eigenvalue weighted by Gasteiger charge is -2.44. The van der Waals surface area contributed by atoms with Gasteiger partial charge in [-0.25, -0.2) is 0 Å². The van der Waals surface area contributed by atoms with Crippen molar-refractivity contribution in [2.75, 3.05) is 7.05 Å². The average Bonchev–Trinajstić information content (AvgIpc) is 2.40. The Kier molecular flexibility index (Phi) is 5.30. The molecule has 0 heterocycles. The van der Waals surface area contributed by atoms with Crippen LogP contribution in [0.4, 0.5) is 0 Å². The zero-order chi connectivity index (χ0) is 14.8. The van der Waals surface area contributed by atoms with Crippen molar-refractivity contribution >= 4 is 15.9 Å². The van der Waals surface area contributed by atoms with Crippen molar-refractivity contribution in [2.45, 2.75) is 52.5 Å². The van der Waals surface area contributed by atoms with E-state index in [9.17, 15) is 0 Å². The maximum atomic E-state index is 3.70. The topological polar surface area (TPSA) is 12.0 Å². The molecule has 1 saturated carbocycles. The molecule has 2 rings (SSSR count). The molecule has 1 aliphatic rings. The normalized spacial score (nSPS) is 27.6. The van der Waals surface area contributed by atoms with Gasteiger partial charge in [-0.2, -0.15) is 0 Å². The van der Waals surface area contributed by atoms with Crippen LogP contribution in [0.25, 0.3) is 0 Å². The molecule has 1 aromatic rings. The van der Waals surface area contributed by atoms with Crippen LogP contribution in [-0.4, -0.2) is 13.1 Å². The Morgan fingerprint density at radius 3 is 2.60 bits per heavy atom. The third-order valence-corrected chi connectivity index (χ3v) is 5.86. The fraction of sp³-hybridized carbons (Fsp3) is 0.667. The molecule has 1 aromatic carbocycles. The summed E-state index contributed by atoms with van der Waals surface area (Å²) in [6, 6.07) is 9.32. The highest BCUT2D eigenvalue weighted by atomic mass is 79.9. The van der Waals surface area contributed by atoms with Gasteiger partial charge in [-0.1, -0.05) is 61.3 Å². The Labute approximate surface area is 132 Å². The third kappa shape index (κ3) is 3.65. The van der Waals surface area contributed by atoms with Gasteiger partial charge in [0, 0.05) is 10.5 Å². The molecular formula is C18H28BrN. The Hall–Kier alpha value is -0.340. The van der Waals surface area contributed by atoms with Crippen molar-refractivity contribution in [3.63, 3.8) is 0 Å². The zero-order valence-electron chi connectivity index (χ0n) is 13.2. The summed E-state index contributed by atoms with van der Waals surface area (Å²) in [5.41, 5.74) is 1.77. The second kappa shape index (κ2) is 6.62. The monoisotopic (exact) mass is 337 g/mol. The van der Waals surface area contributed by atoms with E-state index in [1.807, 2.05) is 0 Å². The fourth-order valence-corrected chi connectivity index (χ4v) is 4.32. The molecule has 0 spiro atoms. The molecule has 0 aromatic heterocycles. The molecule has 20 heavy (non-hydrogen) atoms. The molecule has 1 nitrogen and oxygen atoms in total. The highest BCUT2D eigenvalue weighted by Gasteiger charge is 2.38. The molecule has 112 valence electrons. The summed E-state index contributed by atoms with van der Waals surface area (Å²) >= 11 is 3.70. The number of nitrogens with one attached hydrogen (secondary N) is 1. The highest BCUT2D eigenvalue weighted by molar-refractivity contribution is 9.10. The van der Waals surface area contributed by atoms with E-state index in [0.29, 0.717) is 11.5 Å². The fourth-order valence-electron chi connectivity index (χ4n) is 3.90. The van der Waals surface area contributed by atoms with E-state index in [1.54, 1.807) is 0 Å². The largest absolute Gasteiger partial charge is 0.317 e. The summed E-state index contributed by atoms with van der Waals surface area (Å²) in [5, 5.41) is 3.58. The molecule has 1 N–H and O–H groups in total. The molecule has 3 unspecified atom stereocenters. The van der Waals surface area contributed by atoms with Crippen LogP contribution < -0.4 is 5.32 Å². The predicted octanol–water partition coefficient (Wildman–Crippen LogP) is 5.04. The van der Waals surface area contributed by atoms with Crippen LogP contribution in [0.1, 0.15) is 45.6 Å².